The Morgan fingerprint density at radius 1 is 1.21 bits per heavy atom. The molecule has 176 valence electrons. The number of fused-ring (bicyclic) bond motifs is 1. The van der Waals surface area contributed by atoms with Crippen molar-refractivity contribution in [2.75, 3.05) is 39.6 Å². The number of methoxy groups -OCH3 is 2. The predicted octanol–water partition coefficient (Wildman–Crippen LogP) is 2.97. The van der Waals surface area contributed by atoms with Gasteiger partial charge in [-0.05, 0) is 31.1 Å². The van der Waals surface area contributed by atoms with Gasteiger partial charge in [0.2, 0.25) is 0 Å². The van der Waals surface area contributed by atoms with Gasteiger partial charge in [0, 0.05) is 43.0 Å². The highest BCUT2D eigenvalue weighted by molar-refractivity contribution is 5.93. The summed E-state index contributed by atoms with van der Waals surface area (Å²) in [5, 5.41) is 0.606. The lowest BCUT2D eigenvalue weighted by Gasteiger charge is -2.28. The number of nitrogens with two attached hydrogens (primary N) is 1. The fourth-order valence-electron chi connectivity index (χ4n) is 3.90. The number of hydrogen-bond acceptors (Lipinski definition) is 7. The number of benzene rings is 1. The van der Waals surface area contributed by atoms with Gasteiger partial charge >= 0.3 is 0 Å². The van der Waals surface area contributed by atoms with Crippen molar-refractivity contribution in [2.45, 2.75) is 19.0 Å². The number of nitrogens with zero attached hydrogens (tertiary/aromatic N) is 3. The molecule has 3 aromatic rings. The van der Waals surface area contributed by atoms with Crippen LogP contribution in [0.15, 0.2) is 30.5 Å². The first kappa shape index (κ1) is 23.3. The number of aromatic amines is 1. The lowest BCUT2D eigenvalue weighted by Crippen LogP contribution is -2.35. The molecule has 1 fully saturated rings. The van der Waals surface area contributed by atoms with Gasteiger partial charge in [-0.15, -0.1) is 0 Å². The normalized spacial score (nSPS) is 15.1. The Kier molecular flexibility index (Phi) is 7.09. The molecular weight excluding hydrogens is 437 g/mol. The standard InChI is InChI=1S/C25H26FN5O3/c1-33-20-11-16(12-21(13-20)34-2)3-4-17-14-28-25-22(17)23(27)29-24(30-25)18(7-10-32)15-31-8-5-19(26)6-9-31/h7,10-14,19H,5-6,8-9,15H2,1-2H3,(H3,27,28,29,30). The summed E-state index contributed by atoms with van der Waals surface area (Å²) < 4.78 is 24.1. The van der Waals surface area contributed by atoms with Crippen LogP contribution in [0, 0.1) is 11.8 Å². The summed E-state index contributed by atoms with van der Waals surface area (Å²) in [6.45, 7) is 1.68. The lowest BCUT2D eigenvalue weighted by molar-refractivity contribution is -0.104. The van der Waals surface area contributed by atoms with Crippen molar-refractivity contribution in [3.05, 3.63) is 47.4 Å². The van der Waals surface area contributed by atoms with Gasteiger partial charge in [0.25, 0.3) is 0 Å². The maximum Gasteiger partial charge on any atom is 0.161 e. The Balaban J connectivity index is 1.63. The van der Waals surface area contributed by atoms with Crippen molar-refractivity contribution in [2.24, 2.45) is 0 Å². The van der Waals surface area contributed by atoms with Crippen LogP contribution >= 0.6 is 0 Å². The van der Waals surface area contributed by atoms with Crippen molar-refractivity contribution in [1.29, 1.82) is 0 Å². The van der Waals surface area contributed by atoms with Crippen molar-refractivity contribution in [3.8, 4) is 23.3 Å². The number of nitrogens with one attached hydrogen (secondary N) is 1. The SMILES string of the molecule is COc1cc(C#Cc2c[nH]c3nc(C(=CC=O)CN4CCC(F)CC4)nc(N)c23)cc(OC)c1. The van der Waals surface area contributed by atoms with Crippen LogP contribution in [0.4, 0.5) is 10.2 Å². The summed E-state index contributed by atoms with van der Waals surface area (Å²) >= 11 is 0. The molecule has 0 amide bonds. The molecule has 1 aromatic carbocycles. The van der Waals surface area contributed by atoms with E-state index in [2.05, 4.69) is 31.7 Å². The number of alkyl halides is 1. The maximum absolute atomic E-state index is 13.5. The quantitative estimate of drug-likeness (QED) is 0.329. The third kappa shape index (κ3) is 5.18. The minimum Gasteiger partial charge on any atom is -0.497 e. The summed E-state index contributed by atoms with van der Waals surface area (Å²) in [7, 11) is 3.16. The molecule has 8 nitrogen and oxygen atoms in total. The van der Waals surface area contributed by atoms with Gasteiger partial charge in [0.15, 0.2) is 5.82 Å². The van der Waals surface area contributed by atoms with E-state index < -0.39 is 6.17 Å². The van der Waals surface area contributed by atoms with Crippen molar-refractivity contribution in [1.82, 2.24) is 19.9 Å². The molecule has 3 N–H and O–H groups in total. The van der Waals surface area contributed by atoms with E-state index in [0.29, 0.717) is 78.3 Å². The minimum absolute atomic E-state index is 0.257. The molecule has 1 saturated heterocycles. The first-order valence-electron chi connectivity index (χ1n) is 10.9. The van der Waals surface area contributed by atoms with Crippen molar-refractivity contribution in [3.63, 3.8) is 0 Å². The molecule has 0 unspecified atom stereocenters. The van der Waals surface area contributed by atoms with E-state index >= 15 is 0 Å². The Bertz CT molecular complexity index is 1260. The Morgan fingerprint density at radius 3 is 2.56 bits per heavy atom. The zero-order valence-electron chi connectivity index (χ0n) is 19.1. The largest absolute Gasteiger partial charge is 0.497 e. The summed E-state index contributed by atoms with van der Waals surface area (Å²) in [5.74, 6) is 8.09. The van der Waals surface area contributed by atoms with Gasteiger partial charge in [0.1, 0.15) is 35.4 Å². The molecule has 4 rings (SSSR count). The van der Waals surface area contributed by atoms with Gasteiger partial charge in [-0.25, -0.2) is 14.4 Å². The van der Waals surface area contributed by atoms with Gasteiger partial charge in [0.05, 0.1) is 25.2 Å². The van der Waals surface area contributed by atoms with Crippen LogP contribution in [0.5, 0.6) is 11.5 Å². The van der Waals surface area contributed by atoms with E-state index in [1.807, 2.05) is 12.1 Å². The fraction of sp³-hybridized carbons (Fsp3) is 0.320. The van der Waals surface area contributed by atoms with Crippen molar-refractivity contribution < 1.29 is 18.7 Å². The number of halogens is 1. The molecule has 3 heterocycles. The van der Waals surface area contributed by atoms with E-state index in [4.69, 9.17) is 15.2 Å². The van der Waals surface area contributed by atoms with Gasteiger partial charge < -0.3 is 20.2 Å². The van der Waals surface area contributed by atoms with E-state index in [-0.39, 0.29) is 5.82 Å². The van der Waals surface area contributed by atoms with Crippen LogP contribution in [0.1, 0.15) is 29.8 Å². The second-order valence-corrected chi connectivity index (χ2v) is 7.99. The lowest BCUT2D eigenvalue weighted by atomic mass is 10.1. The molecule has 1 aliphatic heterocycles. The molecule has 0 atom stereocenters. The first-order chi connectivity index (χ1) is 16.5. The summed E-state index contributed by atoms with van der Waals surface area (Å²) in [6, 6.07) is 5.39. The number of nitrogen functional groups attached to an aromatic ring is 1. The maximum atomic E-state index is 13.5. The third-order valence-corrected chi connectivity index (χ3v) is 5.72. The number of anilines is 1. The number of piperidine rings is 1. The number of aromatic nitrogens is 3. The van der Waals surface area contributed by atoms with Crippen LogP contribution in [0.25, 0.3) is 16.6 Å². The zero-order chi connectivity index (χ0) is 24.1. The number of allylic oxidation sites excluding steroid dienone is 1. The number of carbonyl (C=O) groups is 1. The second-order valence-electron chi connectivity index (χ2n) is 7.99. The molecular formula is C25H26FN5O3. The highest BCUT2D eigenvalue weighted by Gasteiger charge is 2.21. The Labute approximate surface area is 197 Å². The Hall–Kier alpha value is -3.90. The Morgan fingerprint density at radius 2 is 1.91 bits per heavy atom. The second kappa shape index (κ2) is 10.4. The highest BCUT2D eigenvalue weighted by Crippen LogP contribution is 2.26. The topological polar surface area (TPSA) is 106 Å². The van der Waals surface area contributed by atoms with E-state index in [9.17, 15) is 9.18 Å². The molecule has 0 saturated carbocycles. The fourth-order valence-corrected chi connectivity index (χ4v) is 3.90. The van der Waals surface area contributed by atoms with Crippen LogP contribution in [-0.2, 0) is 4.79 Å². The van der Waals surface area contributed by atoms with Gasteiger partial charge in [-0.3, -0.25) is 9.69 Å². The van der Waals surface area contributed by atoms with Crippen LogP contribution in [0.2, 0.25) is 0 Å². The molecule has 34 heavy (non-hydrogen) atoms. The number of H-pyrrole nitrogens is 1. The zero-order valence-corrected chi connectivity index (χ0v) is 19.1. The summed E-state index contributed by atoms with van der Waals surface area (Å²) in [5.41, 5.74) is 8.81. The van der Waals surface area contributed by atoms with Gasteiger partial charge in [-0.2, -0.15) is 0 Å². The monoisotopic (exact) mass is 463 g/mol. The predicted molar refractivity (Wildman–Crippen MR) is 128 cm³/mol. The van der Waals surface area contributed by atoms with Crippen molar-refractivity contribution >= 4 is 28.7 Å². The van der Waals surface area contributed by atoms with E-state index in [0.717, 1.165) is 5.56 Å². The minimum atomic E-state index is -0.769. The molecule has 1 aliphatic rings. The number of carbonyl (C=O) groups excluding carboxylic acids is 1. The average Bonchev–Trinajstić information content (AvgIpc) is 3.27. The molecule has 0 bridgehead atoms. The molecule has 2 aromatic heterocycles. The molecule has 0 aliphatic carbocycles. The van der Waals surface area contributed by atoms with Crippen LogP contribution in [0.3, 0.4) is 0 Å². The number of hydrogen-bond donors (Lipinski definition) is 2. The number of likely N-dealkylation sites (tertiary alicyclic amines) is 1. The summed E-state index contributed by atoms with van der Waals surface area (Å²) in [4.78, 5) is 25.5. The number of rotatable bonds is 6. The van der Waals surface area contributed by atoms with Crippen LogP contribution in [-0.4, -0.2) is 66.2 Å². The number of aldehydes is 1. The van der Waals surface area contributed by atoms with E-state index in [1.165, 1.54) is 6.08 Å². The molecule has 0 spiro atoms. The molecule has 0 radical (unpaired) electrons. The smallest absolute Gasteiger partial charge is 0.161 e. The average molecular weight is 464 g/mol. The summed E-state index contributed by atoms with van der Waals surface area (Å²) in [6.07, 6.45) is 4.05. The first-order valence-corrected chi connectivity index (χ1v) is 10.9. The highest BCUT2D eigenvalue weighted by atomic mass is 19.1. The van der Waals surface area contributed by atoms with E-state index in [1.54, 1.807) is 26.5 Å². The number of ether oxygens (including phenoxy) is 2. The molecule has 9 heteroatoms. The third-order valence-electron chi connectivity index (χ3n) is 5.72. The van der Waals surface area contributed by atoms with Gasteiger partial charge in [-0.1, -0.05) is 11.8 Å². The van der Waals surface area contributed by atoms with Crippen LogP contribution < -0.4 is 15.2 Å².